The largest absolute Gasteiger partial charge is 0.493 e. The molecule has 0 saturated heterocycles. The van der Waals surface area contributed by atoms with Gasteiger partial charge in [0.15, 0.2) is 11.3 Å². The van der Waals surface area contributed by atoms with Crippen LogP contribution in [0, 0.1) is 17.5 Å². The second kappa shape index (κ2) is 8.79. The van der Waals surface area contributed by atoms with E-state index in [1.165, 1.54) is 35.9 Å². The fourth-order valence-electron chi connectivity index (χ4n) is 4.32. The van der Waals surface area contributed by atoms with Crippen molar-refractivity contribution in [3.05, 3.63) is 95.3 Å². The van der Waals surface area contributed by atoms with E-state index >= 15 is 0 Å². The molecular formula is C27H22F3NO2. The summed E-state index contributed by atoms with van der Waals surface area (Å²) in [5.74, 6) is -0.942. The first kappa shape index (κ1) is 21.3. The smallest absolute Gasteiger partial charge is 0.176 e. The fraction of sp³-hybridized carbons (Fsp3) is 0.185. The van der Waals surface area contributed by atoms with Gasteiger partial charge in [-0.25, -0.2) is 13.2 Å². The molecule has 33 heavy (non-hydrogen) atoms. The summed E-state index contributed by atoms with van der Waals surface area (Å²) in [4.78, 5) is 2.30. The molecule has 2 heterocycles. The molecule has 0 atom stereocenters. The second-order valence-corrected chi connectivity index (χ2v) is 8.15. The topological polar surface area (TPSA) is 25.6 Å². The molecule has 0 saturated carbocycles. The highest BCUT2D eigenvalue weighted by atomic mass is 19.1. The van der Waals surface area contributed by atoms with Crippen molar-refractivity contribution in [1.29, 1.82) is 0 Å². The second-order valence-electron chi connectivity index (χ2n) is 8.15. The van der Waals surface area contributed by atoms with Gasteiger partial charge in [0.2, 0.25) is 0 Å². The molecule has 1 aromatic heterocycles. The Morgan fingerprint density at radius 2 is 1.73 bits per heavy atom. The highest BCUT2D eigenvalue weighted by Crippen LogP contribution is 2.37. The minimum absolute atomic E-state index is 0.126. The Balaban J connectivity index is 1.40. The highest BCUT2D eigenvalue weighted by Gasteiger charge is 2.19. The predicted molar refractivity (Wildman–Crippen MR) is 122 cm³/mol. The van der Waals surface area contributed by atoms with Crippen molar-refractivity contribution in [3.8, 4) is 17.1 Å². The molecule has 0 fully saturated rings. The minimum atomic E-state index is -0.676. The number of hydrogen-bond acceptors (Lipinski definition) is 3. The van der Waals surface area contributed by atoms with E-state index in [4.69, 9.17) is 9.15 Å². The number of halogens is 3. The summed E-state index contributed by atoms with van der Waals surface area (Å²) in [6.07, 6.45) is 3.04. The van der Waals surface area contributed by atoms with E-state index in [1.54, 1.807) is 13.2 Å². The number of methoxy groups -OCH3 is 1. The van der Waals surface area contributed by atoms with Crippen molar-refractivity contribution < 1.29 is 22.3 Å². The maximum absolute atomic E-state index is 14.2. The standard InChI is InChI=1S/C27H22F3NO2/c1-32-25-14-17(16-31-11-9-19(10-12-31)18-5-7-21(28)8-6-18)13-20-15-24(33-27(20)25)26-22(29)3-2-4-23(26)30/h2-9,13-15H,10-12,16H2,1H3. The lowest BCUT2D eigenvalue weighted by atomic mass is 9.99. The normalized spacial score (nSPS) is 14.5. The third kappa shape index (κ3) is 4.26. The maximum Gasteiger partial charge on any atom is 0.176 e. The average Bonchev–Trinajstić information content (AvgIpc) is 3.23. The number of rotatable bonds is 5. The predicted octanol–water partition coefficient (Wildman–Crippen LogP) is 6.82. The Labute approximate surface area is 189 Å². The Morgan fingerprint density at radius 3 is 2.39 bits per heavy atom. The lowest BCUT2D eigenvalue weighted by Crippen LogP contribution is -2.28. The van der Waals surface area contributed by atoms with Crippen molar-refractivity contribution >= 4 is 16.5 Å². The molecule has 0 aliphatic carbocycles. The van der Waals surface area contributed by atoms with E-state index in [1.807, 2.05) is 24.3 Å². The lowest BCUT2D eigenvalue weighted by Gasteiger charge is -2.26. The van der Waals surface area contributed by atoms with Crippen LogP contribution in [-0.4, -0.2) is 25.1 Å². The van der Waals surface area contributed by atoms with E-state index in [-0.39, 0.29) is 17.1 Å². The Bertz CT molecular complexity index is 1320. The monoisotopic (exact) mass is 449 g/mol. The van der Waals surface area contributed by atoms with Gasteiger partial charge in [-0.2, -0.15) is 0 Å². The van der Waals surface area contributed by atoms with Crippen LogP contribution in [0.1, 0.15) is 17.5 Å². The van der Waals surface area contributed by atoms with Gasteiger partial charge in [0.25, 0.3) is 0 Å². The molecule has 4 aromatic rings. The molecule has 6 heteroatoms. The molecule has 5 rings (SSSR count). The van der Waals surface area contributed by atoms with E-state index < -0.39 is 11.6 Å². The zero-order valence-corrected chi connectivity index (χ0v) is 18.1. The third-order valence-electron chi connectivity index (χ3n) is 5.99. The van der Waals surface area contributed by atoms with Crippen molar-refractivity contribution in [1.82, 2.24) is 4.90 Å². The van der Waals surface area contributed by atoms with E-state index in [0.29, 0.717) is 17.9 Å². The molecule has 0 radical (unpaired) electrons. The van der Waals surface area contributed by atoms with E-state index in [9.17, 15) is 13.2 Å². The van der Waals surface area contributed by atoms with Crippen molar-refractivity contribution in [2.24, 2.45) is 0 Å². The zero-order valence-electron chi connectivity index (χ0n) is 18.1. The minimum Gasteiger partial charge on any atom is -0.493 e. The first-order valence-corrected chi connectivity index (χ1v) is 10.7. The van der Waals surface area contributed by atoms with Crippen LogP contribution in [0.3, 0.4) is 0 Å². The van der Waals surface area contributed by atoms with Gasteiger partial charge in [0.1, 0.15) is 23.2 Å². The highest BCUT2D eigenvalue weighted by molar-refractivity contribution is 5.88. The molecule has 0 unspecified atom stereocenters. The fourth-order valence-corrected chi connectivity index (χ4v) is 4.32. The van der Waals surface area contributed by atoms with Gasteiger partial charge >= 0.3 is 0 Å². The first-order valence-electron chi connectivity index (χ1n) is 10.7. The number of hydrogen-bond donors (Lipinski definition) is 0. The molecule has 0 amide bonds. The van der Waals surface area contributed by atoms with Gasteiger partial charge < -0.3 is 9.15 Å². The van der Waals surface area contributed by atoms with Crippen LogP contribution in [0.5, 0.6) is 5.75 Å². The van der Waals surface area contributed by atoms with Gasteiger partial charge in [0.05, 0.1) is 12.7 Å². The maximum atomic E-state index is 14.2. The van der Waals surface area contributed by atoms with Crippen molar-refractivity contribution in [2.45, 2.75) is 13.0 Å². The molecule has 0 N–H and O–H groups in total. The molecule has 0 spiro atoms. The van der Waals surface area contributed by atoms with Crippen LogP contribution in [-0.2, 0) is 6.54 Å². The Morgan fingerprint density at radius 1 is 0.970 bits per heavy atom. The van der Waals surface area contributed by atoms with Crippen LogP contribution in [0.15, 0.2) is 71.2 Å². The van der Waals surface area contributed by atoms with E-state index in [2.05, 4.69) is 11.0 Å². The molecular weight excluding hydrogens is 427 g/mol. The van der Waals surface area contributed by atoms with Crippen molar-refractivity contribution in [2.75, 3.05) is 20.2 Å². The van der Waals surface area contributed by atoms with Crippen LogP contribution in [0.25, 0.3) is 27.9 Å². The summed E-state index contributed by atoms with van der Waals surface area (Å²) in [6, 6.07) is 15.8. The number of fused-ring (bicyclic) bond motifs is 1. The number of benzene rings is 3. The summed E-state index contributed by atoms with van der Waals surface area (Å²) in [5, 5.41) is 0.724. The Hall–Kier alpha value is -3.51. The van der Waals surface area contributed by atoms with Crippen LogP contribution in [0.2, 0.25) is 0 Å². The number of ether oxygens (including phenoxy) is 1. The molecule has 1 aliphatic rings. The summed E-state index contributed by atoms with van der Waals surface area (Å²) in [6.45, 7) is 2.32. The van der Waals surface area contributed by atoms with Gasteiger partial charge in [-0.3, -0.25) is 4.90 Å². The van der Waals surface area contributed by atoms with Crippen LogP contribution >= 0.6 is 0 Å². The lowest BCUT2D eigenvalue weighted by molar-refractivity contribution is 0.293. The summed E-state index contributed by atoms with van der Waals surface area (Å²) < 4.78 is 53.0. The number of nitrogens with zero attached hydrogens (tertiary/aromatic N) is 1. The van der Waals surface area contributed by atoms with Gasteiger partial charge in [-0.05, 0) is 65.6 Å². The average molecular weight is 449 g/mol. The van der Waals surface area contributed by atoms with Gasteiger partial charge in [0, 0.05) is 25.0 Å². The van der Waals surface area contributed by atoms with Gasteiger partial charge in [-0.1, -0.05) is 24.3 Å². The van der Waals surface area contributed by atoms with Crippen molar-refractivity contribution in [3.63, 3.8) is 0 Å². The quantitative estimate of drug-likeness (QED) is 0.335. The van der Waals surface area contributed by atoms with Crippen LogP contribution in [0.4, 0.5) is 13.2 Å². The molecule has 168 valence electrons. The first-order chi connectivity index (χ1) is 16.0. The Kier molecular flexibility index (Phi) is 5.68. The molecule has 0 bridgehead atoms. The summed E-state index contributed by atoms with van der Waals surface area (Å²) >= 11 is 0. The molecule has 3 nitrogen and oxygen atoms in total. The third-order valence-corrected chi connectivity index (χ3v) is 5.99. The number of furan rings is 1. The molecule has 3 aromatic carbocycles. The van der Waals surface area contributed by atoms with Gasteiger partial charge in [-0.15, -0.1) is 0 Å². The van der Waals surface area contributed by atoms with E-state index in [0.717, 1.165) is 36.0 Å². The SMILES string of the molecule is COc1cc(CN2CC=C(c3ccc(F)cc3)CC2)cc2cc(-c3c(F)cccc3F)oc12. The summed E-state index contributed by atoms with van der Waals surface area (Å²) in [7, 11) is 1.54. The molecule has 1 aliphatic heterocycles. The summed E-state index contributed by atoms with van der Waals surface area (Å²) in [5.41, 5.74) is 3.54. The van der Waals surface area contributed by atoms with Crippen LogP contribution < -0.4 is 4.74 Å². The zero-order chi connectivity index (χ0) is 22.9.